The molecule has 2 amide bonds. The van der Waals surface area contributed by atoms with Gasteiger partial charge in [0.05, 0.1) is 0 Å². The number of urea groups is 1. The van der Waals surface area contributed by atoms with Gasteiger partial charge < -0.3 is 0 Å². The minimum absolute atomic E-state index is 0.0405. The molecule has 0 fully saturated rings. The fraction of sp³-hybridized carbons (Fsp3) is 0.600. The van der Waals surface area contributed by atoms with Crippen LogP contribution in [0.3, 0.4) is 0 Å². The number of amides is 2. The van der Waals surface area contributed by atoms with Crippen LogP contribution in [0, 0.1) is 0 Å². The highest BCUT2D eigenvalue weighted by atomic mass is 16.2. The van der Waals surface area contributed by atoms with E-state index in [9.17, 15) is 4.79 Å². The van der Waals surface area contributed by atoms with Crippen molar-refractivity contribution >= 4 is 11.9 Å². The molecule has 3 N–H and O–H groups in total. The Hall–Kier alpha value is -1.06. The highest BCUT2D eigenvalue weighted by Gasteiger charge is 2.17. The number of hydrogen-bond acceptors (Lipinski definition) is 1. The van der Waals surface area contributed by atoms with Gasteiger partial charge in [-0.1, -0.05) is 0 Å². The predicted molar refractivity (Wildman–Crippen MR) is 32.8 cm³/mol. The van der Waals surface area contributed by atoms with Crippen molar-refractivity contribution in [2.75, 3.05) is 0 Å². The van der Waals surface area contributed by atoms with Gasteiger partial charge in [-0.2, -0.15) is 5.32 Å². The zero-order valence-electron chi connectivity index (χ0n) is 5.49. The van der Waals surface area contributed by atoms with Gasteiger partial charge in [0.25, 0.3) is 0 Å². The Labute approximate surface area is 53.3 Å². The number of carbonyl (C=O) groups excluding carboxylic acids is 1. The third kappa shape index (κ3) is 1.42. The number of nitrogens with one attached hydrogen (secondary N) is 3. The summed E-state index contributed by atoms with van der Waals surface area (Å²) in [7, 11) is 0. The molecule has 9 heavy (non-hydrogen) atoms. The van der Waals surface area contributed by atoms with Gasteiger partial charge in [-0.25, -0.2) is 4.79 Å². The van der Waals surface area contributed by atoms with Crippen LogP contribution in [-0.4, -0.2) is 18.0 Å². The van der Waals surface area contributed by atoms with Crippen molar-refractivity contribution in [1.82, 2.24) is 10.6 Å². The van der Waals surface area contributed by atoms with E-state index in [1.54, 1.807) is 0 Å². The standard InChI is InChI=1S/C5H9N3O/c1-3-6-4(2)8-5(9)7-3/h3H,1-2H3,(H2,6,7,8,9)/p+1. The first-order chi connectivity index (χ1) is 4.18. The molecule has 0 saturated carbocycles. The van der Waals surface area contributed by atoms with Gasteiger partial charge in [-0.05, 0) is 6.92 Å². The van der Waals surface area contributed by atoms with Crippen LogP contribution in [0.4, 0.5) is 4.79 Å². The summed E-state index contributed by atoms with van der Waals surface area (Å²) in [6.07, 6.45) is 0.0405. The van der Waals surface area contributed by atoms with Crippen LogP contribution in [-0.2, 0) is 0 Å². The monoisotopic (exact) mass is 128 g/mol. The third-order valence-corrected chi connectivity index (χ3v) is 1.08. The van der Waals surface area contributed by atoms with Gasteiger partial charge >= 0.3 is 6.03 Å². The summed E-state index contributed by atoms with van der Waals surface area (Å²) in [4.78, 5) is 13.6. The van der Waals surface area contributed by atoms with Crippen molar-refractivity contribution in [2.45, 2.75) is 20.0 Å². The van der Waals surface area contributed by atoms with Crippen LogP contribution >= 0.6 is 0 Å². The van der Waals surface area contributed by atoms with Crippen molar-refractivity contribution in [3.8, 4) is 0 Å². The van der Waals surface area contributed by atoms with E-state index in [0.29, 0.717) is 0 Å². The normalized spacial score (nSPS) is 26.2. The largest absolute Gasteiger partial charge is 0.409 e. The molecule has 0 aliphatic carbocycles. The molecule has 0 spiro atoms. The Morgan fingerprint density at radius 3 is 2.78 bits per heavy atom. The maximum atomic E-state index is 10.6. The molecule has 1 atom stereocenters. The van der Waals surface area contributed by atoms with Crippen molar-refractivity contribution in [3.63, 3.8) is 0 Å². The van der Waals surface area contributed by atoms with Gasteiger partial charge in [0.15, 0.2) is 6.17 Å². The molecule has 1 aliphatic rings. The Morgan fingerprint density at radius 1 is 1.67 bits per heavy atom. The van der Waals surface area contributed by atoms with Gasteiger partial charge in [0, 0.05) is 6.92 Å². The summed E-state index contributed by atoms with van der Waals surface area (Å²) in [5.41, 5.74) is 0. The van der Waals surface area contributed by atoms with E-state index in [1.807, 2.05) is 13.8 Å². The van der Waals surface area contributed by atoms with E-state index < -0.39 is 0 Å². The maximum absolute atomic E-state index is 10.6. The van der Waals surface area contributed by atoms with Gasteiger partial charge in [-0.15, -0.1) is 0 Å². The maximum Gasteiger partial charge on any atom is 0.409 e. The second-order valence-electron chi connectivity index (χ2n) is 2.09. The van der Waals surface area contributed by atoms with Gasteiger partial charge in [0.2, 0.25) is 5.84 Å². The van der Waals surface area contributed by atoms with Crippen molar-refractivity contribution in [3.05, 3.63) is 0 Å². The molecule has 1 aliphatic heterocycles. The summed E-state index contributed by atoms with van der Waals surface area (Å²) in [5, 5.41) is 5.19. The van der Waals surface area contributed by atoms with Crippen molar-refractivity contribution < 1.29 is 9.79 Å². The molecule has 1 rings (SSSR count). The lowest BCUT2D eigenvalue weighted by molar-refractivity contribution is -0.508. The number of amidine groups is 1. The molecular formula is C5H10N3O+. The second-order valence-corrected chi connectivity index (χ2v) is 2.09. The highest BCUT2D eigenvalue weighted by molar-refractivity contribution is 5.94. The fourth-order valence-electron chi connectivity index (χ4n) is 0.800. The molecule has 1 heterocycles. The third-order valence-electron chi connectivity index (χ3n) is 1.08. The molecule has 0 aromatic rings. The smallest absolute Gasteiger partial charge is 0.279 e. The molecule has 50 valence electrons. The summed E-state index contributed by atoms with van der Waals surface area (Å²) in [6.45, 7) is 3.69. The van der Waals surface area contributed by atoms with Crippen LogP contribution < -0.4 is 15.6 Å². The van der Waals surface area contributed by atoms with Crippen LogP contribution in [0.15, 0.2) is 0 Å². The van der Waals surface area contributed by atoms with E-state index in [1.165, 1.54) is 0 Å². The van der Waals surface area contributed by atoms with Gasteiger partial charge in [0.1, 0.15) is 0 Å². The summed E-state index contributed by atoms with van der Waals surface area (Å²) in [6, 6.07) is -0.140. The average Bonchev–Trinajstić information content (AvgIpc) is 1.59. The summed E-state index contributed by atoms with van der Waals surface area (Å²) < 4.78 is 0. The number of carbonyl (C=O) groups is 1. The van der Waals surface area contributed by atoms with Crippen molar-refractivity contribution in [1.29, 1.82) is 0 Å². The first-order valence-electron chi connectivity index (χ1n) is 2.86. The van der Waals surface area contributed by atoms with E-state index in [-0.39, 0.29) is 12.2 Å². The highest BCUT2D eigenvalue weighted by Crippen LogP contribution is 1.70. The predicted octanol–water partition coefficient (Wildman–Crippen LogP) is -1.86. The Bertz CT molecular complexity index is 164. The summed E-state index contributed by atoms with van der Waals surface area (Å²) >= 11 is 0. The Kier molecular flexibility index (Phi) is 1.38. The minimum atomic E-state index is -0.140. The van der Waals surface area contributed by atoms with Crippen LogP contribution in [0.5, 0.6) is 0 Å². The molecule has 4 nitrogen and oxygen atoms in total. The topological polar surface area (TPSA) is 55.1 Å². The Balaban J connectivity index is 2.67. The second kappa shape index (κ2) is 2.05. The van der Waals surface area contributed by atoms with Gasteiger partial charge in [-0.3, -0.25) is 10.3 Å². The van der Waals surface area contributed by atoms with Crippen LogP contribution in [0.2, 0.25) is 0 Å². The number of rotatable bonds is 0. The van der Waals surface area contributed by atoms with E-state index in [2.05, 4.69) is 15.6 Å². The number of hydrogen-bond donors (Lipinski definition) is 3. The molecule has 1 unspecified atom stereocenters. The van der Waals surface area contributed by atoms with E-state index >= 15 is 0 Å². The molecule has 0 aromatic heterocycles. The summed E-state index contributed by atoms with van der Waals surface area (Å²) in [5.74, 6) is 0.797. The first-order valence-corrected chi connectivity index (χ1v) is 2.86. The molecular weight excluding hydrogens is 118 g/mol. The molecule has 4 heteroatoms. The molecule has 0 saturated heterocycles. The lowest BCUT2D eigenvalue weighted by Gasteiger charge is -2.10. The SMILES string of the molecule is CC1=[NH+]C(C)NC(=O)N1. The van der Waals surface area contributed by atoms with Crippen molar-refractivity contribution in [2.24, 2.45) is 0 Å². The quantitative estimate of drug-likeness (QED) is 0.352. The molecule has 0 radical (unpaired) electrons. The first kappa shape index (κ1) is 6.07. The zero-order chi connectivity index (χ0) is 6.85. The van der Waals surface area contributed by atoms with E-state index in [4.69, 9.17) is 0 Å². The molecule has 0 bridgehead atoms. The Morgan fingerprint density at radius 2 is 2.33 bits per heavy atom. The molecule has 0 aromatic carbocycles. The lowest BCUT2D eigenvalue weighted by atomic mass is 10.5. The lowest BCUT2D eigenvalue weighted by Crippen LogP contribution is -2.89. The van der Waals surface area contributed by atoms with Crippen LogP contribution in [0.1, 0.15) is 13.8 Å². The van der Waals surface area contributed by atoms with Crippen LogP contribution in [0.25, 0.3) is 0 Å². The van der Waals surface area contributed by atoms with E-state index in [0.717, 1.165) is 5.84 Å². The minimum Gasteiger partial charge on any atom is -0.279 e. The average molecular weight is 128 g/mol. The fourth-order valence-corrected chi connectivity index (χ4v) is 0.800. The zero-order valence-corrected chi connectivity index (χ0v) is 5.49.